The lowest BCUT2D eigenvalue weighted by Crippen LogP contribution is -2.71. The number of aliphatic hydroxyl groups excluding tert-OH is 22. The highest BCUT2D eigenvalue weighted by Crippen LogP contribution is 2.40. The molecule has 0 aromatic carbocycles. The van der Waals surface area contributed by atoms with Gasteiger partial charge in [-0.3, -0.25) is 19.2 Å². The van der Waals surface area contributed by atoms with Crippen molar-refractivity contribution in [2.45, 2.75) is 241 Å². The Morgan fingerprint density at radius 3 is 1.26 bits per heavy atom. The predicted octanol–water partition coefficient (Wildman–Crippen LogP) is -17.9. The van der Waals surface area contributed by atoms with Gasteiger partial charge in [-0.05, 0) is 0 Å². The zero-order valence-electron chi connectivity index (χ0n) is 51.9. The third kappa shape index (κ3) is 18.8. The summed E-state index contributed by atoms with van der Waals surface area (Å²) in [6.07, 6.45) is -65.4. The average Bonchev–Trinajstić information content (AvgIpc) is 0.761. The van der Waals surface area contributed by atoms with Crippen LogP contribution in [0.5, 0.6) is 0 Å². The second-order valence-corrected chi connectivity index (χ2v) is 23.7. The van der Waals surface area contributed by atoms with Crippen molar-refractivity contribution in [2.75, 3.05) is 59.5 Å². The normalized spacial score (nSPS) is 42.2. The minimum atomic E-state index is -3.30. The third-order valence-electron chi connectivity index (χ3n) is 16.9. The van der Waals surface area contributed by atoms with E-state index in [2.05, 4.69) is 21.3 Å². The van der Waals surface area contributed by atoms with Crippen molar-refractivity contribution < 1.29 is 198 Å². The number of hydrogen-bond donors (Lipinski definition) is 27. The predicted molar refractivity (Wildman–Crippen MR) is 299 cm³/mol. The molecule has 6 fully saturated rings. The van der Waals surface area contributed by atoms with Crippen molar-refractivity contribution in [3.05, 3.63) is 0 Å². The molecule has 0 aromatic rings. The van der Waals surface area contributed by atoms with Crippen LogP contribution in [-0.2, 0) is 80.8 Å². The lowest BCUT2D eigenvalue weighted by atomic mass is 9.88. The van der Waals surface area contributed by atoms with Crippen LogP contribution >= 0.6 is 0 Å². The number of hydrogen-bond acceptors (Lipinski definition) is 39. The summed E-state index contributed by atoms with van der Waals surface area (Å²) in [7, 11) is 0. The number of aliphatic hydroxyl groups is 22. The first kappa shape index (κ1) is 82.0. The standard InChI is InChI=1S/C53H90N4O40/c1-14(67)54-17(5-58)40(30(74)19(71)6-59)91-49-37(81)44(32(76)21(8-61)86-49)94-47-28(55-15(2)68)35(79)41(24(11-64)89-47)92-50-38(82)45(33(77)22(9-62)87-50)95-48-29(56-16(3)69)36(80)42(25(12-65)90-48)93-51-39(83)46(34(78)23(10-63)88-51)97-53(52(84)85)4-18(70)27(57-26(73)13-66)43(96-53)31(75)20(72)7-60/h17-25,27-51,58-66,70-72,74-83H,4-13H2,1-3H3,(H,54,67)(H,55,68)(H,56,69)(H,57,73)(H,84,85)/t17-,18-,19+,20+,21+,22+,23+,24+,25+,27+,28+,29+,30-,31+,32-,33-,34-,35+,36+,37+,38+,39+,40+,41+,42+,43+,44-,45-,46-,47-,48-,49-,50-,51-,53-/m0/s1. The summed E-state index contributed by atoms with van der Waals surface area (Å²) >= 11 is 0. The molecule has 97 heavy (non-hydrogen) atoms. The van der Waals surface area contributed by atoms with E-state index >= 15 is 0 Å². The molecule has 44 heteroatoms. The topological polar surface area (TPSA) is 710 Å². The summed E-state index contributed by atoms with van der Waals surface area (Å²) in [4.78, 5) is 63.0. The van der Waals surface area contributed by atoms with Crippen LogP contribution in [-0.4, -0.2) is 421 Å². The molecule has 44 nitrogen and oxygen atoms in total. The first-order chi connectivity index (χ1) is 45.7. The van der Waals surface area contributed by atoms with Gasteiger partial charge in [0.25, 0.3) is 5.79 Å². The van der Waals surface area contributed by atoms with E-state index in [1.165, 1.54) is 0 Å². The Bertz CT molecular complexity index is 2510. The molecule has 6 heterocycles. The van der Waals surface area contributed by atoms with Crippen LogP contribution in [0.15, 0.2) is 0 Å². The van der Waals surface area contributed by atoms with E-state index < -0.39 is 309 Å². The van der Waals surface area contributed by atoms with Gasteiger partial charge in [0.2, 0.25) is 23.6 Å². The molecular formula is C53H90N4O40. The fraction of sp³-hybridized carbons (Fsp3) is 0.906. The Balaban J connectivity index is 1.24. The molecule has 0 spiro atoms. The van der Waals surface area contributed by atoms with Gasteiger partial charge >= 0.3 is 5.97 Å². The SMILES string of the molecule is CC(=O)N[C@H]1[C@H](O[C@H]2[C@@H](O)[C@@H](CO)O[C@@H](O[C@@H]([C@@H](O)[C@H](O)CO)[C@H](CO)NC(C)=O)[C@@H]2O)O[C@H](CO)[C@@H](O[C@@H]2O[C@H](CO)[C@H](O)[C@H](O[C@@H]3O[C@H](CO)[C@@H](O[C@@H]4O[C@H](CO)[C@H](O)[C@H](O[C@]5(C(=O)O)C[C@H](O)[C@@H](NC(=O)CO)[C@H]([C@H](O)[C@H](O)CO)O5)[C@H]4O)[C@H](O)[C@H]3NC(C)=O)[C@H]2O)[C@@H]1O. The number of amides is 4. The fourth-order valence-electron chi connectivity index (χ4n) is 11.9. The summed E-state index contributed by atoms with van der Waals surface area (Å²) in [5, 5.41) is 258. The number of rotatable bonds is 31. The maximum Gasteiger partial charge on any atom is 0.364 e. The summed E-state index contributed by atoms with van der Waals surface area (Å²) in [6, 6.07) is -7.33. The molecule has 0 bridgehead atoms. The van der Waals surface area contributed by atoms with Gasteiger partial charge in [0, 0.05) is 27.2 Å². The van der Waals surface area contributed by atoms with E-state index in [1.807, 2.05) is 0 Å². The second-order valence-electron chi connectivity index (χ2n) is 23.7. The Kier molecular flexibility index (Phi) is 30.6. The summed E-state index contributed by atoms with van der Waals surface area (Å²) in [6.45, 7) is -7.41. The van der Waals surface area contributed by atoms with Gasteiger partial charge in [-0.1, -0.05) is 0 Å². The first-order valence-electron chi connectivity index (χ1n) is 30.3. The van der Waals surface area contributed by atoms with Crippen molar-refractivity contribution in [1.82, 2.24) is 21.3 Å². The van der Waals surface area contributed by atoms with Gasteiger partial charge in [0.05, 0.1) is 71.0 Å². The van der Waals surface area contributed by atoms with E-state index in [0.29, 0.717) is 0 Å². The van der Waals surface area contributed by atoms with E-state index in [4.69, 9.17) is 56.8 Å². The Labute approximate surface area is 548 Å². The van der Waals surface area contributed by atoms with Crippen molar-refractivity contribution in [1.29, 1.82) is 0 Å². The molecule has 4 amide bonds. The maximum atomic E-state index is 13.1. The molecule has 35 atom stereocenters. The molecule has 27 N–H and O–H groups in total. The van der Waals surface area contributed by atoms with Gasteiger partial charge in [-0.15, -0.1) is 0 Å². The molecular weight excluding hydrogens is 1330 g/mol. The summed E-state index contributed by atoms with van der Waals surface area (Å²) in [5.74, 6) is -9.37. The van der Waals surface area contributed by atoms with E-state index in [0.717, 1.165) is 20.8 Å². The van der Waals surface area contributed by atoms with Gasteiger partial charge < -0.3 is 196 Å². The number of aliphatic carboxylic acids is 1. The van der Waals surface area contributed by atoms with Crippen molar-refractivity contribution in [3.63, 3.8) is 0 Å². The number of carboxylic acids is 1. The van der Waals surface area contributed by atoms with Gasteiger partial charge in [-0.2, -0.15) is 0 Å². The first-order valence-corrected chi connectivity index (χ1v) is 30.3. The van der Waals surface area contributed by atoms with Gasteiger partial charge in [0.15, 0.2) is 31.5 Å². The number of nitrogens with one attached hydrogen (secondary N) is 4. The maximum absolute atomic E-state index is 13.1. The monoisotopic (exact) mass is 1420 g/mol. The number of carboxylic acid groups (broad SMARTS) is 1. The van der Waals surface area contributed by atoms with Gasteiger partial charge in [-0.25, -0.2) is 4.79 Å². The van der Waals surface area contributed by atoms with Gasteiger partial charge in [0.1, 0.15) is 165 Å². The van der Waals surface area contributed by atoms with Crippen LogP contribution in [0.3, 0.4) is 0 Å². The highest BCUT2D eigenvalue weighted by Gasteiger charge is 2.62. The Morgan fingerprint density at radius 1 is 0.464 bits per heavy atom. The van der Waals surface area contributed by atoms with Crippen molar-refractivity contribution >= 4 is 29.6 Å². The minimum Gasteiger partial charge on any atom is -0.477 e. The third-order valence-corrected chi connectivity index (χ3v) is 16.9. The molecule has 0 aliphatic carbocycles. The zero-order chi connectivity index (χ0) is 72.4. The van der Waals surface area contributed by atoms with Crippen LogP contribution in [0.25, 0.3) is 0 Å². The van der Waals surface area contributed by atoms with Crippen LogP contribution in [0.4, 0.5) is 0 Å². The lowest BCUT2D eigenvalue weighted by molar-refractivity contribution is -0.391. The smallest absolute Gasteiger partial charge is 0.364 e. The van der Waals surface area contributed by atoms with E-state index in [-0.39, 0.29) is 0 Å². The molecule has 6 aliphatic rings. The van der Waals surface area contributed by atoms with Crippen LogP contribution in [0.1, 0.15) is 27.2 Å². The number of ether oxygens (including phenoxy) is 12. The lowest BCUT2D eigenvalue weighted by Gasteiger charge is -2.51. The average molecular weight is 1420 g/mol. The highest BCUT2D eigenvalue weighted by atomic mass is 16.8. The van der Waals surface area contributed by atoms with Crippen LogP contribution in [0.2, 0.25) is 0 Å². The van der Waals surface area contributed by atoms with E-state index in [9.17, 15) is 141 Å². The Morgan fingerprint density at radius 2 is 0.866 bits per heavy atom. The molecule has 0 saturated carbocycles. The Hall–Kier alpha value is -4.01. The number of carbonyl (C=O) groups is 5. The molecule has 6 saturated heterocycles. The summed E-state index contributed by atoms with van der Waals surface area (Å²) < 4.78 is 69.4. The van der Waals surface area contributed by atoms with Crippen LogP contribution in [0, 0.1) is 0 Å². The molecule has 0 unspecified atom stereocenters. The minimum absolute atomic E-state index is 0.797. The fourth-order valence-corrected chi connectivity index (χ4v) is 11.9. The van der Waals surface area contributed by atoms with Crippen molar-refractivity contribution in [2.24, 2.45) is 0 Å². The quantitative estimate of drug-likeness (QED) is 0.0306. The molecule has 6 aliphatic heterocycles. The highest BCUT2D eigenvalue weighted by molar-refractivity contribution is 5.78. The zero-order valence-corrected chi connectivity index (χ0v) is 51.9. The largest absolute Gasteiger partial charge is 0.477 e. The van der Waals surface area contributed by atoms with Crippen LogP contribution < -0.4 is 21.3 Å². The van der Waals surface area contributed by atoms with E-state index in [1.54, 1.807) is 0 Å². The molecule has 0 radical (unpaired) electrons. The number of carbonyl (C=O) groups excluding carboxylic acids is 4. The molecule has 0 aromatic heterocycles. The summed E-state index contributed by atoms with van der Waals surface area (Å²) in [5.41, 5.74) is 0. The molecule has 6 rings (SSSR count). The van der Waals surface area contributed by atoms with Crippen molar-refractivity contribution in [3.8, 4) is 0 Å². The second kappa shape index (κ2) is 36.2. The molecule has 562 valence electrons.